The molecule has 0 radical (unpaired) electrons. The first-order chi connectivity index (χ1) is 12.5. The van der Waals surface area contributed by atoms with E-state index in [-0.39, 0.29) is 0 Å². The Morgan fingerprint density at radius 1 is 1.27 bits per heavy atom. The molecular formula is C19H26N4S3. The summed E-state index contributed by atoms with van der Waals surface area (Å²) in [6.45, 7) is 5.52. The van der Waals surface area contributed by atoms with E-state index in [1.165, 1.54) is 41.5 Å². The quantitative estimate of drug-likeness (QED) is 0.428. The first-order valence-electron chi connectivity index (χ1n) is 9.44. The molecule has 0 N–H and O–H groups in total. The lowest BCUT2D eigenvalue weighted by atomic mass is 9.99. The maximum Gasteiger partial charge on any atom is 0.145 e. The molecule has 4 nitrogen and oxygen atoms in total. The number of aryl methyl sites for hydroxylation is 2. The van der Waals surface area contributed by atoms with Crippen LogP contribution in [0.5, 0.6) is 0 Å². The molecule has 4 rings (SSSR count). The van der Waals surface area contributed by atoms with Crippen molar-refractivity contribution in [3.8, 4) is 0 Å². The molecule has 0 saturated carbocycles. The first kappa shape index (κ1) is 18.6. The van der Waals surface area contributed by atoms with Crippen molar-refractivity contribution < 1.29 is 0 Å². The number of hydrogen-bond donors (Lipinski definition) is 0. The van der Waals surface area contributed by atoms with Crippen molar-refractivity contribution in [1.29, 1.82) is 0 Å². The molecule has 0 bridgehead atoms. The fourth-order valence-electron chi connectivity index (χ4n) is 3.74. The van der Waals surface area contributed by atoms with Crippen LogP contribution in [-0.2, 0) is 19.4 Å². The number of hydrogen-bond acceptors (Lipinski definition) is 6. The van der Waals surface area contributed by atoms with Crippen LogP contribution in [0.4, 0.5) is 0 Å². The molecule has 2 aromatic rings. The highest BCUT2D eigenvalue weighted by atomic mass is 32.2. The molecule has 0 atom stereocenters. The molecule has 0 unspecified atom stereocenters. The van der Waals surface area contributed by atoms with Crippen molar-refractivity contribution >= 4 is 49.9 Å². The zero-order chi connectivity index (χ0) is 18.3. The van der Waals surface area contributed by atoms with E-state index in [0.717, 1.165) is 52.0 Å². The summed E-state index contributed by atoms with van der Waals surface area (Å²) in [5, 5.41) is 2.33. The van der Waals surface area contributed by atoms with Gasteiger partial charge in [0, 0.05) is 24.4 Å². The summed E-state index contributed by atoms with van der Waals surface area (Å²) in [4.78, 5) is 17.1. The maximum absolute atomic E-state index is 5.56. The summed E-state index contributed by atoms with van der Waals surface area (Å²) in [6, 6.07) is 0. The van der Waals surface area contributed by atoms with Crippen molar-refractivity contribution in [3.05, 3.63) is 16.3 Å². The van der Waals surface area contributed by atoms with Crippen LogP contribution >= 0.6 is 35.3 Å². The zero-order valence-corrected chi connectivity index (χ0v) is 18.2. The van der Waals surface area contributed by atoms with Gasteiger partial charge < -0.3 is 4.90 Å². The predicted molar refractivity (Wildman–Crippen MR) is 115 cm³/mol. The second-order valence-electron chi connectivity index (χ2n) is 7.70. The van der Waals surface area contributed by atoms with Gasteiger partial charge in [0.05, 0.1) is 6.54 Å². The topological polar surface area (TPSA) is 32.3 Å². The lowest BCUT2D eigenvalue weighted by Crippen LogP contribution is -2.33. The molecule has 7 heteroatoms. The third kappa shape index (κ3) is 3.77. The third-order valence-corrected chi connectivity index (χ3v) is 8.20. The number of rotatable bonds is 3. The van der Waals surface area contributed by atoms with E-state index in [9.17, 15) is 0 Å². The van der Waals surface area contributed by atoms with E-state index in [1.807, 2.05) is 30.3 Å². The monoisotopic (exact) mass is 406 g/mol. The largest absolute Gasteiger partial charge is 0.363 e. The van der Waals surface area contributed by atoms with Crippen LogP contribution in [0.25, 0.3) is 10.2 Å². The highest BCUT2D eigenvalue weighted by molar-refractivity contribution is 8.23. The maximum atomic E-state index is 5.56. The first-order valence-corrected chi connectivity index (χ1v) is 11.5. The zero-order valence-electron chi connectivity index (χ0n) is 15.7. The van der Waals surface area contributed by atoms with Crippen LogP contribution in [0.15, 0.2) is 5.03 Å². The number of thiophene rings is 1. The van der Waals surface area contributed by atoms with Gasteiger partial charge >= 0.3 is 0 Å². The minimum Gasteiger partial charge on any atom is -0.363 e. The Kier molecular flexibility index (Phi) is 5.51. The van der Waals surface area contributed by atoms with Gasteiger partial charge in [-0.25, -0.2) is 9.97 Å². The Labute approximate surface area is 169 Å². The van der Waals surface area contributed by atoms with Crippen LogP contribution in [0.1, 0.15) is 42.5 Å². The van der Waals surface area contributed by atoms with Gasteiger partial charge in [0.2, 0.25) is 0 Å². The number of piperidine rings is 1. The van der Waals surface area contributed by atoms with E-state index >= 15 is 0 Å². The molecular weight excluding hydrogens is 380 g/mol. The summed E-state index contributed by atoms with van der Waals surface area (Å²) in [7, 11) is 4.00. The van der Waals surface area contributed by atoms with Gasteiger partial charge in [0.15, 0.2) is 0 Å². The number of aromatic nitrogens is 2. The van der Waals surface area contributed by atoms with Gasteiger partial charge in [0.1, 0.15) is 20.0 Å². The molecule has 0 spiro atoms. The molecule has 2 aliphatic rings. The number of likely N-dealkylation sites (tertiary alicyclic amines) is 1. The molecule has 0 aromatic carbocycles. The van der Waals surface area contributed by atoms with E-state index in [4.69, 9.17) is 22.2 Å². The Morgan fingerprint density at radius 2 is 2.04 bits per heavy atom. The normalized spacial score (nSPS) is 18.4. The lowest BCUT2D eigenvalue weighted by molar-refractivity contribution is 0.181. The summed E-state index contributed by atoms with van der Waals surface area (Å²) < 4.78 is 0.862. The lowest BCUT2D eigenvalue weighted by Gasteiger charge is -2.29. The van der Waals surface area contributed by atoms with E-state index in [0.29, 0.717) is 0 Å². The van der Waals surface area contributed by atoms with Gasteiger partial charge in [-0.05, 0) is 68.4 Å². The fourth-order valence-corrected chi connectivity index (χ4v) is 6.15. The molecule has 140 valence electrons. The standard InChI is InChI=1S/C19H26N4S3/c1-12-7-9-23(10-8-12)11-15-20-17-16(13-5-4-6-14(13)25-17)18(21-15)26-19(24)22(2)3/h12H,4-11H2,1-3H3. The van der Waals surface area contributed by atoms with Crippen molar-refractivity contribution in [2.24, 2.45) is 5.92 Å². The van der Waals surface area contributed by atoms with Crippen molar-refractivity contribution in [2.45, 2.75) is 50.6 Å². The average Bonchev–Trinajstić information content (AvgIpc) is 3.17. The van der Waals surface area contributed by atoms with E-state index in [1.54, 1.807) is 11.8 Å². The minimum absolute atomic E-state index is 0.846. The van der Waals surface area contributed by atoms with Gasteiger partial charge in [-0.2, -0.15) is 0 Å². The molecule has 2 aromatic heterocycles. The number of fused-ring (bicyclic) bond motifs is 3. The average molecular weight is 407 g/mol. The number of thioether (sulfide) groups is 1. The summed E-state index contributed by atoms with van der Waals surface area (Å²) in [5.41, 5.74) is 1.48. The highest BCUT2D eigenvalue weighted by Crippen LogP contribution is 2.41. The Hall–Kier alpha value is -0.760. The van der Waals surface area contributed by atoms with Crippen LogP contribution in [0.3, 0.4) is 0 Å². The molecule has 1 saturated heterocycles. The summed E-state index contributed by atoms with van der Waals surface area (Å²) in [6.07, 6.45) is 6.17. The van der Waals surface area contributed by atoms with Gasteiger partial charge in [-0.1, -0.05) is 19.1 Å². The van der Waals surface area contributed by atoms with Crippen LogP contribution in [-0.4, -0.2) is 51.3 Å². The number of nitrogens with zero attached hydrogens (tertiary/aromatic N) is 4. The van der Waals surface area contributed by atoms with Gasteiger partial charge in [0.25, 0.3) is 0 Å². The van der Waals surface area contributed by atoms with Crippen molar-refractivity contribution in [2.75, 3.05) is 27.2 Å². The van der Waals surface area contributed by atoms with Crippen LogP contribution < -0.4 is 0 Å². The minimum atomic E-state index is 0.846. The third-order valence-electron chi connectivity index (χ3n) is 5.37. The van der Waals surface area contributed by atoms with E-state index < -0.39 is 0 Å². The van der Waals surface area contributed by atoms with Crippen LogP contribution in [0, 0.1) is 5.92 Å². The van der Waals surface area contributed by atoms with Gasteiger partial charge in [-0.3, -0.25) is 4.90 Å². The van der Waals surface area contributed by atoms with Crippen molar-refractivity contribution in [1.82, 2.24) is 19.8 Å². The highest BCUT2D eigenvalue weighted by Gasteiger charge is 2.24. The molecule has 1 aliphatic heterocycles. The van der Waals surface area contributed by atoms with Crippen LogP contribution in [0.2, 0.25) is 0 Å². The molecule has 0 amide bonds. The predicted octanol–water partition coefficient (Wildman–Crippen LogP) is 4.35. The summed E-state index contributed by atoms with van der Waals surface area (Å²) >= 11 is 9.06. The van der Waals surface area contributed by atoms with Gasteiger partial charge in [-0.15, -0.1) is 11.3 Å². The Balaban J connectivity index is 1.67. The molecule has 1 fully saturated rings. The Bertz CT molecular complexity index is 822. The second kappa shape index (κ2) is 7.70. The van der Waals surface area contributed by atoms with Crippen molar-refractivity contribution in [3.63, 3.8) is 0 Å². The number of thiocarbonyl (C=S) groups is 1. The summed E-state index contributed by atoms with van der Waals surface area (Å²) in [5.74, 6) is 1.80. The van der Waals surface area contributed by atoms with E-state index in [2.05, 4.69) is 11.8 Å². The SMILES string of the molecule is CC1CCN(Cc2nc(SC(=S)N(C)C)c3c4c(sc3n2)CCC4)CC1. The fraction of sp³-hybridized carbons (Fsp3) is 0.632. The second-order valence-corrected chi connectivity index (χ2v) is 10.4. The molecule has 1 aliphatic carbocycles. The Morgan fingerprint density at radius 3 is 2.77 bits per heavy atom. The molecule has 26 heavy (non-hydrogen) atoms. The smallest absolute Gasteiger partial charge is 0.145 e. The molecule has 3 heterocycles.